The minimum atomic E-state index is -3.14. The Morgan fingerprint density at radius 2 is 2.00 bits per heavy atom. The van der Waals surface area contributed by atoms with Crippen LogP contribution in [0.2, 0.25) is 5.02 Å². The number of hydrogen-bond donors (Lipinski definition) is 1. The average Bonchev–Trinajstić information content (AvgIpc) is 2.29. The number of nitrogens with one attached hydrogen (secondary N) is 1. The fourth-order valence-electron chi connectivity index (χ4n) is 1.29. The summed E-state index contributed by atoms with van der Waals surface area (Å²) in [6, 6.07) is 7.21. The smallest absolute Gasteiger partial charge is 0.355 e. The molecular weight excluding hydrogens is 273 g/mol. The van der Waals surface area contributed by atoms with Gasteiger partial charge in [-0.25, -0.2) is 0 Å². The number of halogens is 1. The van der Waals surface area contributed by atoms with Crippen molar-refractivity contribution in [3.05, 3.63) is 41.3 Å². The van der Waals surface area contributed by atoms with Crippen molar-refractivity contribution in [3.8, 4) is 0 Å². The number of benzene rings is 1. The van der Waals surface area contributed by atoms with E-state index in [2.05, 4.69) is 5.32 Å². The summed E-state index contributed by atoms with van der Waals surface area (Å²) in [5.41, 5.74) is 0.804. The Kier molecular flexibility index (Phi) is 6.44. The number of hydrogen-bond acceptors (Lipinski definition) is 4. The van der Waals surface area contributed by atoms with Gasteiger partial charge in [0.15, 0.2) is 0 Å². The lowest BCUT2D eigenvalue weighted by atomic mass is 10.3. The molecule has 18 heavy (non-hydrogen) atoms. The highest BCUT2D eigenvalue weighted by molar-refractivity contribution is 7.57. The van der Waals surface area contributed by atoms with Crippen LogP contribution in [0.25, 0.3) is 0 Å². The largest absolute Gasteiger partial charge is 0.361 e. The van der Waals surface area contributed by atoms with E-state index in [-0.39, 0.29) is 0 Å². The fraction of sp³-hybridized carbons (Fsp3) is 0.333. The van der Waals surface area contributed by atoms with Crippen molar-refractivity contribution in [2.45, 2.75) is 13.8 Å². The molecule has 1 rings (SSSR count). The minimum absolute atomic E-state index is 0.332. The lowest BCUT2D eigenvalue weighted by molar-refractivity contribution is 0.229. The molecule has 0 bridgehead atoms. The van der Waals surface area contributed by atoms with Gasteiger partial charge in [0, 0.05) is 22.7 Å². The summed E-state index contributed by atoms with van der Waals surface area (Å²) < 4.78 is 22.3. The standard InChI is InChI=1S/C12H17ClNO3P/c1-3-16-18(15,17-4-2)9-8-14-12-7-5-6-11(13)10-12/h5-10,14H,3-4H2,1-2H3/b9-8-. The molecule has 0 aliphatic heterocycles. The van der Waals surface area contributed by atoms with Crippen molar-refractivity contribution in [1.29, 1.82) is 0 Å². The highest BCUT2D eigenvalue weighted by Gasteiger charge is 2.18. The van der Waals surface area contributed by atoms with E-state index < -0.39 is 7.60 Å². The van der Waals surface area contributed by atoms with E-state index in [4.69, 9.17) is 20.6 Å². The molecule has 0 unspecified atom stereocenters. The second-order valence-electron chi connectivity index (χ2n) is 3.35. The van der Waals surface area contributed by atoms with Gasteiger partial charge in [0.05, 0.1) is 13.2 Å². The maximum absolute atomic E-state index is 12.1. The van der Waals surface area contributed by atoms with Crippen molar-refractivity contribution < 1.29 is 13.6 Å². The Morgan fingerprint density at radius 3 is 2.56 bits per heavy atom. The Labute approximate surface area is 112 Å². The third-order valence-corrected chi connectivity index (χ3v) is 3.94. The molecule has 4 nitrogen and oxygen atoms in total. The van der Waals surface area contributed by atoms with E-state index in [0.717, 1.165) is 5.69 Å². The van der Waals surface area contributed by atoms with Gasteiger partial charge in [0.25, 0.3) is 0 Å². The average molecular weight is 290 g/mol. The zero-order valence-electron chi connectivity index (χ0n) is 10.4. The van der Waals surface area contributed by atoms with Crippen molar-refractivity contribution >= 4 is 24.9 Å². The summed E-state index contributed by atoms with van der Waals surface area (Å²) in [5.74, 6) is 1.40. The highest BCUT2D eigenvalue weighted by atomic mass is 35.5. The van der Waals surface area contributed by atoms with Crippen LogP contribution in [0.15, 0.2) is 36.3 Å². The maximum atomic E-state index is 12.1. The lowest BCUT2D eigenvalue weighted by Gasteiger charge is -2.12. The summed E-state index contributed by atoms with van der Waals surface area (Å²) in [6.07, 6.45) is 1.54. The monoisotopic (exact) mass is 289 g/mol. The van der Waals surface area contributed by atoms with Crippen LogP contribution < -0.4 is 5.32 Å². The van der Waals surface area contributed by atoms with E-state index in [0.29, 0.717) is 18.2 Å². The van der Waals surface area contributed by atoms with Gasteiger partial charge in [0.2, 0.25) is 0 Å². The first-order chi connectivity index (χ1) is 8.59. The molecule has 0 aliphatic carbocycles. The predicted molar refractivity (Wildman–Crippen MR) is 75.1 cm³/mol. The first kappa shape index (κ1) is 15.3. The van der Waals surface area contributed by atoms with Crippen LogP contribution in [-0.2, 0) is 13.6 Å². The van der Waals surface area contributed by atoms with Crippen LogP contribution in [-0.4, -0.2) is 13.2 Å². The third kappa shape index (κ3) is 5.23. The zero-order valence-corrected chi connectivity index (χ0v) is 12.1. The van der Waals surface area contributed by atoms with Crippen molar-refractivity contribution in [2.24, 2.45) is 0 Å². The second-order valence-corrected chi connectivity index (χ2v) is 5.68. The van der Waals surface area contributed by atoms with Crippen molar-refractivity contribution in [2.75, 3.05) is 18.5 Å². The van der Waals surface area contributed by atoms with Crippen LogP contribution in [0.5, 0.6) is 0 Å². The lowest BCUT2D eigenvalue weighted by Crippen LogP contribution is -1.94. The Balaban J connectivity index is 2.64. The van der Waals surface area contributed by atoms with Gasteiger partial charge in [-0.15, -0.1) is 0 Å². The molecule has 6 heteroatoms. The minimum Gasteiger partial charge on any atom is -0.361 e. The molecule has 0 radical (unpaired) electrons. The first-order valence-electron chi connectivity index (χ1n) is 5.68. The zero-order chi connectivity index (χ0) is 13.4. The van der Waals surface area contributed by atoms with Crippen molar-refractivity contribution in [1.82, 2.24) is 0 Å². The Morgan fingerprint density at radius 1 is 1.33 bits per heavy atom. The van der Waals surface area contributed by atoms with Gasteiger partial charge >= 0.3 is 7.60 Å². The van der Waals surface area contributed by atoms with Crippen LogP contribution in [0, 0.1) is 0 Å². The van der Waals surface area contributed by atoms with Gasteiger partial charge in [0.1, 0.15) is 0 Å². The molecule has 0 heterocycles. The number of rotatable bonds is 7. The van der Waals surface area contributed by atoms with Crippen LogP contribution in [0.1, 0.15) is 13.8 Å². The summed E-state index contributed by atoms with van der Waals surface area (Å²) in [6.45, 7) is 4.20. The number of anilines is 1. The molecule has 0 saturated heterocycles. The van der Waals surface area contributed by atoms with E-state index >= 15 is 0 Å². The second kappa shape index (κ2) is 7.59. The molecule has 0 saturated carbocycles. The van der Waals surface area contributed by atoms with Crippen LogP contribution in [0.4, 0.5) is 5.69 Å². The van der Waals surface area contributed by atoms with Crippen LogP contribution in [0.3, 0.4) is 0 Å². The van der Waals surface area contributed by atoms with Gasteiger partial charge in [-0.1, -0.05) is 17.7 Å². The molecule has 1 N–H and O–H groups in total. The van der Waals surface area contributed by atoms with E-state index in [1.165, 1.54) is 12.0 Å². The van der Waals surface area contributed by atoms with Gasteiger partial charge in [-0.05, 0) is 32.0 Å². The third-order valence-electron chi connectivity index (χ3n) is 1.95. The highest BCUT2D eigenvalue weighted by Crippen LogP contribution is 2.49. The summed E-state index contributed by atoms with van der Waals surface area (Å²) >= 11 is 5.84. The Hall–Kier alpha value is -0.800. The molecule has 0 spiro atoms. The topological polar surface area (TPSA) is 47.6 Å². The van der Waals surface area contributed by atoms with Crippen LogP contribution >= 0.6 is 19.2 Å². The molecule has 0 atom stereocenters. The summed E-state index contributed by atoms with van der Waals surface area (Å²) in [4.78, 5) is 0. The molecule has 0 aliphatic rings. The molecule has 0 fully saturated rings. The van der Waals surface area contributed by atoms with E-state index in [1.807, 2.05) is 12.1 Å². The predicted octanol–water partition coefficient (Wildman–Crippen LogP) is 4.49. The fourth-order valence-corrected chi connectivity index (χ4v) is 2.70. The van der Waals surface area contributed by atoms with Gasteiger partial charge in [-0.3, -0.25) is 4.57 Å². The molecule has 0 aromatic heterocycles. The van der Waals surface area contributed by atoms with Gasteiger partial charge < -0.3 is 14.4 Å². The molecule has 0 amide bonds. The Bertz CT molecular complexity index is 441. The molecule has 1 aromatic rings. The van der Waals surface area contributed by atoms with E-state index in [1.54, 1.807) is 26.0 Å². The normalized spacial score (nSPS) is 11.9. The van der Waals surface area contributed by atoms with Gasteiger partial charge in [-0.2, -0.15) is 0 Å². The van der Waals surface area contributed by atoms with Crippen molar-refractivity contribution in [3.63, 3.8) is 0 Å². The quantitative estimate of drug-likeness (QED) is 0.751. The molecule has 1 aromatic carbocycles. The first-order valence-corrected chi connectivity index (χ1v) is 7.67. The van der Waals surface area contributed by atoms with E-state index in [9.17, 15) is 4.57 Å². The summed E-state index contributed by atoms with van der Waals surface area (Å²) in [7, 11) is -3.14. The molecule has 100 valence electrons. The SMILES string of the molecule is CCOP(=O)(/C=C\Nc1cccc(Cl)c1)OCC. The molecular formula is C12H17ClNO3P. The maximum Gasteiger partial charge on any atom is 0.355 e. The summed E-state index contributed by atoms with van der Waals surface area (Å²) in [5, 5.41) is 3.59.